The molecule has 0 aromatic heterocycles. The summed E-state index contributed by atoms with van der Waals surface area (Å²) in [4.78, 5) is 17.2. The number of benzene rings is 2. The van der Waals surface area contributed by atoms with Gasteiger partial charge in [-0.1, -0.05) is 36.4 Å². The van der Waals surface area contributed by atoms with Crippen LogP contribution in [0.25, 0.3) is 6.08 Å². The fourth-order valence-corrected chi connectivity index (χ4v) is 4.47. The average Bonchev–Trinajstić information content (AvgIpc) is 3.37. The maximum absolute atomic E-state index is 12.6. The predicted molar refractivity (Wildman–Crippen MR) is 123 cm³/mol. The SMILES string of the molecule is COc1cc(/C=C\C(=O)N2CCC(N3CCCC3)CC2)ccc1OCc1ccccc1. The molecular weight excluding hydrogens is 388 g/mol. The van der Waals surface area contributed by atoms with E-state index in [0.29, 0.717) is 24.1 Å². The Bertz CT molecular complexity index is 883. The van der Waals surface area contributed by atoms with Gasteiger partial charge in [0, 0.05) is 25.2 Å². The Morgan fingerprint density at radius 1 is 1.00 bits per heavy atom. The van der Waals surface area contributed by atoms with Gasteiger partial charge in [0.1, 0.15) is 6.61 Å². The second kappa shape index (κ2) is 10.5. The number of likely N-dealkylation sites (tertiary alicyclic amines) is 2. The molecule has 0 spiro atoms. The molecule has 2 fully saturated rings. The molecule has 2 aliphatic rings. The van der Waals surface area contributed by atoms with Crippen molar-refractivity contribution in [3.05, 3.63) is 65.7 Å². The summed E-state index contributed by atoms with van der Waals surface area (Å²) < 4.78 is 11.4. The Hall–Kier alpha value is -2.79. The number of ether oxygens (including phenoxy) is 2. The molecule has 0 N–H and O–H groups in total. The van der Waals surface area contributed by atoms with Crippen LogP contribution in [0.15, 0.2) is 54.6 Å². The first kappa shape index (κ1) is 21.4. The fraction of sp³-hybridized carbons (Fsp3) is 0.423. The van der Waals surface area contributed by atoms with Crippen LogP contribution in [0.2, 0.25) is 0 Å². The zero-order valence-electron chi connectivity index (χ0n) is 18.3. The van der Waals surface area contributed by atoms with E-state index < -0.39 is 0 Å². The van der Waals surface area contributed by atoms with Crippen molar-refractivity contribution in [2.75, 3.05) is 33.3 Å². The van der Waals surface area contributed by atoms with Crippen molar-refractivity contribution in [3.8, 4) is 11.5 Å². The summed E-state index contributed by atoms with van der Waals surface area (Å²) in [6, 6.07) is 16.5. The van der Waals surface area contributed by atoms with Gasteiger partial charge in [-0.05, 0) is 68.1 Å². The van der Waals surface area contributed by atoms with E-state index in [1.807, 2.05) is 59.5 Å². The summed E-state index contributed by atoms with van der Waals surface area (Å²) in [5, 5.41) is 0. The highest BCUT2D eigenvalue weighted by molar-refractivity contribution is 5.92. The number of piperidine rings is 1. The molecule has 0 bridgehead atoms. The van der Waals surface area contributed by atoms with E-state index in [9.17, 15) is 4.79 Å². The number of methoxy groups -OCH3 is 1. The van der Waals surface area contributed by atoms with Crippen LogP contribution < -0.4 is 9.47 Å². The van der Waals surface area contributed by atoms with Gasteiger partial charge >= 0.3 is 0 Å². The molecule has 164 valence electrons. The lowest BCUT2D eigenvalue weighted by molar-refractivity contribution is -0.127. The second-order valence-electron chi connectivity index (χ2n) is 8.32. The van der Waals surface area contributed by atoms with Crippen molar-refractivity contribution in [1.82, 2.24) is 9.80 Å². The number of nitrogens with zero attached hydrogens (tertiary/aromatic N) is 2. The standard InChI is InChI=1S/C26H32N2O3/c1-30-25-19-21(9-11-24(25)31-20-22-7-3-2-4-8-22)10-12-26(29)28-17-13-23(14-18-28)27-15-5-6-16-27/h2-4,7-12,19,23H,5-6,13-18,20H2,1H3/b12-10-. The van der Waals surface area contributed by atoms with E-state index in [2.05, 4.69) is 4.90 Å². The highest BCUT2D eigenvalue weighted by Gasteiger charge is 2.27. The van der Waals surface area contributed by atoms with Crippen molar-refractivity contribution >= 4 is 12.0 Å². The molecule has 4 rings (SSSR count). The van der Waals surface area contributed by atoms with Crippen LogP contribution in [0.1, 0.15) is 36.8 Å². The molecule has 5 heteroatoms. The van der Waals surface area contributed by atoms with Gasteiger partial charge in [-0.3, -0.25) is 4.79 Å². The van der Waals surface area contributed by atoms with Gasteiger partial charge in [0.25, 0.3) is 0 Å². The molecule has 5 nitrogen and oxygen atoms in total. The Morgan fingerprint density at radius 3 is 2.45 bits per heavy atom. The lowest BCUT2D eigenvalue weighted by atomic mass is 10.0. The lowest BCUT2D eigenvalue weighted by Crippen LogP contribution is -2.45. The van der Waals surface area contributed by atoms with Crippen LogP contribution in [0, 0.1) is 0 Å². The molecule has 0 radical (unpaired) electrons. The molecular formula is C26H32N2O3. The molecule has 0 unspecified atom stereocenters. The normalized spacial score (nSPS) is 17.9. The third kappa shape index (κ3) is 5.67. The number of rotatable bonds is 7. The first-order valence-corrected chi connectivity index (χ1v) is 11.3. The summed E-state index contributed by atoms with van der Waals surface area (Å²) in [6.07, 6.45) is 8.35. The van der Waals surface area contributed by atoms with E-state index in [-0.39, 0.29) is 5.91 Å². The molecule has 1 amide bonds. The maximum atomic E-state index is 12.6. The molecule has 0 saturated carbocycles. The number of carbonyl (C=O) groups excluding carboxylic acids is 1. The van der Waals surface area contributed by atoms with Gasteiger partial charge in [0.05, 0.1) is 7.11 Å². The summed E-state index contributed by atoms with van der Waals surface area (Å²) >= 11 is 0. The molecule has 31 heavy (non-hydrogen) atoms. The number of carbonyl (C=O) groups is 1. The minimum absolute atomic E-state index is 0.0863. The zero-order valence-corrected chi connectivity index (χ0v) is 18.3. The first-order chi connectivity index (χ1) is 15.2. The Kier molecular flexibility index (Phi) is 7.26. The minimum atomic E-state index is 0.0863. The Balaban J connectivity index is 1.31. The van der Waals surface area contributed by atoms with Crippen molar-refractivity contribution < 1.29 is 14.3 Å². The summed E-state index contributed by atoms with van der Waals surface area (Å²) in [7, 11) is 1.63. The monoisotopic (exact) mass is 420 g/mol. The van der Waals surface area contributed by atoms with Crippen LogP contribution >= 0.6 is 0 Å². The predicted octanol–water partition coefficient (Wildman–Crippen LogP) is 4.37. The topological polar surface area (TPSA) is 42.0 Å². The molecule has 2 saturated heterocycles. The van der Waals surface area contributed by atoms with Gasteiger partial charge in [0.2, 0.25) is 5.91 Å². The smallest absolute Gasteiger partial charge is 0.246 e. The van der Waals surface area contributed by atoms with E-state index in [4.69, 9.17) is 9.47 Å². The van der Waals surface area contributed by atoms with Crippen LogP contribution in [0.4, 0.5) is 0 Å². The molecule has 0 aliphatic carbocycles. The van der Waals surface area contributed by atoms with Gasteiger partial charge in [-0.15, -0.1) is 0 Å². The summed E-state index contributed by atoms with van der Waals surface area (Å²) in [5.74, 6) is 1.44. The second-order valence-corrected chi connectivity index (χ2v) is 8.32. The van der Waals surface area contributed by atoms with Gasteiger partial charge < -0.3 is 19.3 Å². The van der Waals surface area contributed by atoms with Gasteiger partial charge in [0.15, 0.2) is 11.5 Å². The van der Waals surface area contributed by atoms with Crippen LogP contribution in [-0.4, -0.2) is 55.0 Å². The average molecular weight is 421 g/mol. The van der Waals surface area contributed by atoms with Gasteiger partial charge in [-0.2, -0.15) is 0 Å². The highest BCUT2D eigenvalue weighted by Crippen LogP contribution is 2.29. The summed E-state index contributed by atoms with van der Waals surface area (Å²) in [6.45, 7) is 4.63. The Morgan fingerprint density at radius 2 is 1.74 bits per heavy atom. The quantitative estimate of drug-likeness (QED) is 0.624. The van der Waals surface area contributed by atoms with Crippen molar-refractivity contribution in [2.45, 2.75) is 38.3 Å². The first-order valence-electron chi connectivity index (χ1n) is 11.3. The minimum Gasteiger partial charge on any atom is -0.493 e. The molecule has 0 atom stereocenters. The van der Waals surface area contributed by atoms with E-state index in [1.165, 1.54) is 25.9 Å². The fourth-order valence-electron chi connectivity index (χ4n) is 4.47. The van der Waals surface area contributed by atoms with Crippen molar-refractivity contribution in [3.63, 3.8) is 0 Å². The largest absolute Gasteiger partial charge is 0.493 e. The molecule has 2 aromatic carbocycles. The zero-order chi connectivity index (χ0) is 21.5. The third-order valence-corrected chi connectivity index (χ3v) is 6.28. The number of amides is 1. The van der Waals surface area contributed by atoms with E-state index in [1.54, 1.807) is 13.2 Å². The van der Waals surface area contributed by atoms with Crippen molar-refractivity contribution in [1.29, 1.82) is 0 Å². The molecule has 2 aromatic rings. The van der Waals surface area contributed by atoms with Crippen LogP contribution in [0.5, 0.6) is 11.5 Å². The van der Waals surface area contributed by atoms with Crippen molar-refractivity contribution in [2.24, 2.45) is 0 Å². The third-order valence-electron chi connectivity index (χ3n) is 6.28. The molecule has 2 heterocycles. The van der Waals surface area contributed by atoms with Crippen LogP contribution in [0.3, 0.4) is 0 Å². The lowest BCUT2D eigenvalue weighted by Gasteiger charge is -2.36. The number of hydrogen-bond acceptors (Lipinski definition) is 4. The maximum Gasteiger partial charge on any atom is 0.246 e. The molecule has 2 aliphatic heterocycles. The van der Waals surface area contributed by atoms with Gasteiger partial charge in [-0.25, -0.2) is 0 Å². The van der Waals surface area contributed by atoms with E-state index in [0.717, 1.165) is 37.1 Å². The highest BCUT2D eigenvalue weighted by atomic mass is 16.5. The van der Waals surface area contributed by atoms with E-state index >= 15 is 0 Å². The number of hydrogen-bond donors (Lipinski definition) is 0. The Labute approximate surface area is 185 Å². The van der Waals surface area contributed by atoms with Crippen LogP contribution in [-0.2, 0) is 11.4 Å². The summed E-state index contributed by atoms with van der Waals surface area (Å²) in [5.41, 5.74) is 2.02.